The molecular weight excluding hydrogens is 335 g/mol. The number of rotatable bonds is 4. The molecular formula is C15H12ClFN6O. The quantitative estimate of drug-likeness (QED) is 0.594. The van der Waals surface area contributed by atoms with Crippen molar-refractivity contribution < 1.29 is 9.50 Å². The van der Waals surface area contributed by atoms with E-state index in [2.05, 4.69) is 20.5 Å². The largest absolute Gasteiger partial charge is 0.394 e. The molecule has 0 amide bonds. The van der Waals surface area contributed by atoms with Gasteiger partial charge in [0.15, 0.2) is 11.6 Å². The van der Waals surface area contributed by atoms with Crippen molar-refractivity contribution in [2.24, 2.45) is 0 Å². The molecule has 3 aromatic heterocycles. The molecule has 9 heteroatoms. The number of nitrogens with zero attached hydrogens (tertiary/aromatic N) is 5. The third-order valence-electron chi connectivity index (χ3n) is 3.77. The van der Waals surface area contributed by atoms with Crippen LogP contribution in [0.3, 0.4) is 0 Å². The molecule has 24 heavy (non-hydrogen) atoms. The molecule has 4 rings (SSSR count). The van der Waals surface area contributed by atoms with Crippen molar-refractivity contribution in [3.63, 3.8) is 0 Å². The Kier molecular flexibility index (Phi) is 3.55. The van der Waals surface area contributed by atoms with E-state index >= 15 is 0 Å². The monoisotopic (exact) mass is 346 g/mol. The van der Waals surface area contributed by atoms with Crippen LogP contribution < -0.4 is 0 Å². The van der Waals surface area contributed by atoms with Crippen LogP contribution in [0, 0.1) is 5.82 Å². The highest BCUT2D eigenvalue weighted by molar-refractivity contribution is 6.31. The Morgan fingerprint density at radius 3 is 2.92 bits per heavy atom. The van der Waals surface area contributed by atoms with Crippen molar-refractivity contribution >= 4 is 22.5 Å². The highest BCUT2D eigenvalue weighted by Crippen LogP contribution is 2.35. The Bertz CT molecular complexity index is 1010. The van der Waals surface area contributed by atoms with Gasteiger partial charge >= 0.3 is 0 Å². The summed E-state index contributed by atoms with van der Waals surface area (Å²) in [5, 5.41) is 24.4. The van der Waals surface area contributed by atoms with Crippen LogP contribution in [-0.4, -0.2) is 41.5 Å². The van der Waals surface area contributed by atoms with Crippen molar-refractivity contribution in [3.8, 4) is 16.9 Å². The Morgan fingerprint density at radius 2 is 2.17 bits per heavy atom. The average molecular weight is 347 g/mol. The lowest BCUT2D eigenvalue weighted by molar-refractivity contribution is 0.268. The van der Waals surface area contributed by atoms with Crippen molar-refractivity contribution in [1.82, 2.24) is 29.8 Å². The fraction of sp³-hybridized carbons (Fsp3) is 0.133. The standard InChI is InChI=1S/C15H12ClFN6O/c16-12-2-1-10-11(9-5-18-19-6-9)7-23(15(10)14(12)17)13-8-22(3-4-24)21-20-13/h1-2,5-8,24H,3-4H2,(H,18,19). The molecule has 0 spiro atoms. The fourth-order valence-corrected chi connectivity index (χ4v) is 2.83. The van der Waals surface area contributed by atoms with Crippen LogP contribution in [0.15, 0.2) is 36.9 Å². The third-order valence-corrected chi connectivity index (χ3v) is 4.06. The molecule has 1 aromatic carbocycles. The van der Waals surface area contributed by atoms with Crippen molar-refractivity contribution in [1.29, 1.82) is 0 Å². The summed E-state index contributed by atoms with van der Waals surface area (Å²) in [5.74, 6) is -0.0926. The van der Waals surface area contributed by atoms with E-state index in [0.717, 1.165) is 11.1 Å². The van der Waals surface area contributed by atoms with Gasteiger partial charge in [0.2, 0.25) is 0 Å². The summed E-state index contributed by atoms with van der Waals surface area (Å²) in [4.78, 5) is 0. The minimum absolute atomic E-state index is 0.0309. The number of aliphatic hydroxyl groups is 1. The molecule has 2 N–H and O–H groups in total. The Hall–Kier alpha value is -2.71. The number of benzene rings is 1. The van der Waals surface area contributed by atoms with E-state index in [1.165, 1.54) is 10.7 Å². The first kappa shape index (κ1) is 14.9. The Morgan fingerprint density at radius 1 is 1.29 bits per heavy atom. The first-order chi connectivity index (χ1) is 11.7. The number of aliphatic hydroxyl groups excluding tert-OH is 1. The minimum Gasteiger partial charge on any atom is -0.394 e. The lowest BCUT2D eigenvalue weighted by atomic mass is 10.1. The second-order valence-corrected chi connectivity index (χ2v) is 5.63. The van der Waals surface area contributed by atoms with Gasteiger partial charge in [0.25, 0.3) is 0 Å². The molecule has 7 nitrogen and oxygen atoms in total. The van der Waals surface area contributed by atoms with Crippen LogP contribution in [0.25, 0.3) is 27.8 Å². The fourth-order valence-electron chi connectivity index (χ4n) is 2.68. The zero-order valence-corrected chi connectivity index (χ0v) is 13.1. The molecule has 0 saturated carbocycles. The maximum Gasteiger partial charge on any atom is 0.179 e. The number of H-pyrrole nitrogens is 1. The van der Waals surface area contributed by atoms with Crippen LogP contribution >= 0.6 is 11.6 Å². The molecule has 0 unspecified atom stereocenters. The van der Waals surface area contributed by atoms with Gasteiger partial charge in [0.05, 0.1) is 36.1 Å². The maximum absolute atomic E-state index is 14.7. The molecule has 0 radical (unpaired) electrons. The number of hydrogen-bond donors (Lipinski definition) is 2. The SMILES string of the molecule is OCCn1cc(-n2cc(-c3cn[nH]c3)c3ccc(Cl)c(F)c32)nn1. The summed E-state index contributed by atoms with van der Waals surface area (Å²) in [7, 11) is 0. The smallest absolute Gasteiger partial charge is 0.179 e. The van der Waals surface area contributed by atoms with E-state index in [0.29, 0.717) is 23.3 Å². The van der Waals surface area contributed by atoms with E-state index in [4.69, 9.17) is 16.7 Å². The zero-order chi connectivity index (χ0) is 16.7. The molecule has 0 saturated heterocycles. The predicted molar refractivity (Wildman–Crippen MR) is 86.5 cm³/mol. The number of nitrogens with one attached hydrogen (secondary N) is 1. The normalized spacial score (nSPS) is 11.5. The maximum atomic E-state index is 14.7. The van der Waals surface area contributed by atoms with Gasteiger partial charge in [-0.3, -0.25) is 9.67 Å². The highest BCUT2D eigenvalue weighted by Gasteiger charge is 2.19. The number of halogens is 2. The van der Waals surface area contributed by atoms with Gasteiger partial charge in [0.1, 0.15) is 0 Å². The minimum atomic E-state index is -0.527. The van der Waals surface area contributed by atoms with Crippen molar-refractivity contribution in [3.05, 3.63) is 47.8 Å². The van der Waals surface area contributed by atoms with E-state index in [1.54, 1.807) is 35.4 Å². The summed E-state index contributed by atoms with van der Waals surface area (Å²) in [6.45, 7) is 0.250. The van der Waals surface area contributed by atoms with Gasteiger partial charge in [-0.1, -0.05) is 22.9 Å². The average Bonchev–Trinajstić information content (AvgIpc) is 3.29. The summed E-state index contributed by atoms with van der Waals surface area (Å²) in [5.41, 5.74) is 1.93. The molecule has 3 heterocycles. The van der Waals surface area contributed by atoms with E-state index in [-0.39, 0.29) is 11.6 Å². The van der Waals surface area contributed by atoms with Crippen LogP contribution in [0.2, 0.25) is 5.02 Å². The lowest BCUT2D eigenvalue weighted by Gasteiger charge is -2.02. The number of fused-ring (bicyclic) bond motifs is 1. The predicted octanol–water partition coefficient (Wildman–Crippen LogP) is 2.40. The Labute approximate surface area is 140 Å². The van der Waals surface area contributed by atoms with Crippen molar-refractivity contribution in [2.75, 3.05) is 6.61 Å². The van der Waals surface area contributed by atoms with Crippen LogP contribution in [0.1, 0.15) is 0 Å². The van der Waals surface area contributed by atoms with Gasteiger partial charge in [-0.15, -0.1) is 5.10 Å². The summed E-state index contributed by atoms with van der Waals surface area (Å²) in [6, 6.07) is 3.29. The molecule has 0 aliphatic heterocycles. The van der Waals surface area contributed by atoms with E-state index < -0.39 is 5.82 Å². The first-order valence-corrected chi connectivity index (χ1v) is 7.56. The summed E-state index contributed by atoms with van der Waals surface area (Å²) >= 11 is 5.96. The van der Waals surface area contributed by atoms with E-state index in [1.807, 2.05) is 0 Å². The van der Waals surface area contributed by atoms with Gasteiger partial charge in [0, 0.05) is 28.9 Å². The molecule has 4 aromatic rings. The third kappa shape index (κ3) is 2.27. The van der Waals surface area contributed by atoms with E-state index in [9.17, 15) is 4.39 Å². The molecule has 0 bridgehead atoms. The molecule has 0 fully saturated rings. The number of hydrogen-bond acceptors (Lipinski definition) is 4. The summed E-state index contributed by atoms with van der Waals surface area (Å²) < 4.78 is 17.8. The number of aromatic nitrogens is 6. The van der Waals surface area contributed by atoms with Gasteiger partial charge < -0.3 is 5.11 Å². The lowest BCUT2D eigenvalue weighted by Crippen LogP contribution is -2.02. The molecule has 0 atom stereocenters. The molecule has 0 aliphatic rings. The molecule has 0 aliphatic carbocycles. The Balaban J connectivity index is 1.98. The first-order valence-electron chi connectivity index (χ1n) is 7.18. The summed E-state index contributed by atoms with van der Waals surface area (Å²) in [6.07, 6.45) is 6.79. The second kappa shape index (κ2) is 5.73. The van der Waals surface area contributed by atoms with Gasteiger partial charge in [-0.2, -0.15) is 5.10 Å². The van der Waals surface area contributed by atoms with Crippen LogP contribution in [0.4, 0.5) is 4.39 Å². The number of aromatic amines is 1. The van der Waals surface area contributed by atoms with Gasteiger partial charge in [-0.25, -0.2) is 9.07 Å². The highest BCUT2D eigenvalue weighted by atomic mass is 35.5. The van der Waals surface area contributed by atoms with Crippen LogP contribution in [-0.2, 0) is 6.54 Å². The second-order valence-electron chi connectivity index (χ2n) is 5.22. The van der Waals surface area contributed by atoms with Crippen LogP contribution in [0.5, 0.6) is 0 Å². The van der Waals surface area contributed by atoms with Gasteiger partial charge in [-0.05, 0) is 6.07 Å². The molecule has 122 valence electrons. The topological polar surface area (TPSA) is 84.5 Å². The van der Waals surface area contributed by atoms with Crippen molar-refractivity contribution in [2.45, 2.75) is 6.54 Å². The zero-order valence-electron chi connectivity index (χ0n) is 12.3.